The van der Waals surface area contributed by atoms with Gasteiger partial charge in [-0.3, -0.25) is 4.79 Å². The van der Waals surface area contributed by atoms with Crippen molar-refractivity contribution >= 4 is 11.6 Å². The Bertz CT molecular complexity index is 665. The number of hydrogen-bond acceptors (Lipinski definition) is 3. The van der Waals surface area contributed by atoms with E-state index in [1.807, 2.05) is 61.1 Å². The Labute approximate surface area is 136 Å². The quantitative estimate of drug-likeness (QED) is 0.940. The highest BCUT2D eigenvalue weighted by Crippen LogP contribution is 2.32. The Hall–Kier alpha value is -2.43. The summed E-state index contributed by atoms with van der Waals surface area (Å²) < 4.78 is 13.2. The topological polar surface area (TPSA) is 52.5 Å². The van der Waals surface area contributed by atoms with Crippen LogP contribution in [0.25, 0.3) is 0 Å². The van der Waals surface area contributed by atoms with Gasteiger partial charge in [0.15, 0.2) is 11.5 Å². The number of aromatic nitrogens is 1. The van der Waals surface area contributed by atoms with Crippen molar-refractivity contribution in [2.24, 2.45) is 5.92 Å². The number of amides is 1. The normalized spacial score (nSPS) is 15.1. The Kier molecular flexibility index (Phi) is 4.55. The van der Waals surface area contributed by atoms with Crippen LogP contribution in [0.1, 0.15) is 26.3 Å². The van der Waals surface area contributed by atoms with Crippen molar-refractivity contribution < 1.29 is 14.3 Å². The smallest absolute Gasteiger partial charge is 0.247 e. The third kappa shape index (κ3) is 3.50. The van der Waals surface area contributed by atoms with E-state index in [1.165, 1.54) is 0 Å². The van der Waals surface area contributed by atoms with Crippen molar-refractivity contribution in [1.29, 1.82) is 0 Å². The van der Waals surface area contributed by atoms with Crippen LogP contribution in [0.2, 0.25) is 0 Å². The van der Waals surface area contributed by atoms with Gasteiger partial charge in [-0.15, -0.1) is 0 Å². The number of nitrogens with zero attached hydrogens (tertiary/aromatic N) is 1. The van der Waals surface area contributed by atoms with Crippen LogP contribution in [-0.2, 0) is 4.79 Å². The standard InChI is InChI=1S/C18H22N2O3/c1-13(2)17(20-8-3-4-9-20)18(21)19-14-6-7-15-16(12-14)23-11-5-10-22-15/h3-4,6-9,12-13,17H,5,10-11H2,1-2H3,(H,19,21)/t17-/m0/s1. The monoisotopic (exact) mass is 314 g/mol. The Balaban J connectivity index is 1.78. The van der Waals surface area contributed by atoms with Gasteiger partial charge in [-0.1, -0.05) is 13.8 Å². The van der Waals surface area contributed by atoms with Crippen molar-refractivity contribution in [1.82, 2.24) is 4.57 Å². The Morgan fingerprint density at radius 2 is 1.83 bits per heavy atom. The molecule has 0 saturated carbocycles. The molecular weight excluding hydrogens is 292 g/mol. The van der Waals surface area contributed by atoms with Crippen molar-refractivity contribution in [2.45, 2.75) is 26.3 Å². The lowest BCUT2D eigenvalue weighted by Gasteiger charge is -2.22. The van der Waals surface area contributed by atoms with Gasteiger partial charge < -0.3 is 19.4 Å². The maximum Gasteiger partial charge on any atom is 0.247 e. The number of hydrogen-bond donors (Lipinski definition) is 1. The van der Waals surface area contributed by atoms with Gasteiger partial charge in [-0.05, 0) is 30.2 Å². The Morgan fingerprint density at radius 3 is 2.52 bits per heavy atom. The highest BCUT2D eigenvalue weighted by atomic mass is 16.5. The second-order valence-electron chi connectivity index (χ2n) is 6.02. The molecule has 0 unspecified atom stereocenters. The summed E-state index contributed by atoms with van der Waals surface area (Å²) in [4.78, 5) is 12.7. The summed E-state index contributed by atoms with van der Waals surface area (Å²) in [6, 6.07) is 9.12. The van der Waals surface area contributed by atoms with Crippen molar-refractivity contribution in [3.05, 3.63) is 42.7 Å². The molecule has 3 rings (SSSR count). The molecule has 1 aliphatic heterocycles. The first-order valence-electron chi connectivity index (χ1n) is 7.98. The third-order valence-electron chi connectivity index (χ3n) is 3.86. The largest absolute Gasteiger partial charge is 0.490 e. The summed E-state index contributed by atoms with van der Waals surface area (Å²) >= 11 is 0. The lowest BCUT2D eigenvalue weighted by Crippen LogP contribution is -2.29. The van der Waals surface area contributed by atoms with E-state index in [2.05, 4.69) is 5.32 Å². The number of ether oxygens (including phenoxy) is 2. The van der Waals surface area contributed by atoms with E-state index in [1.54, 1.807) is 0 Å². The van der Waals surface area contributed by atoms with Crippen LogP contribution in [0.5, 0.6) is 11.5 Å². The summed E-state index contributed by atoms with van der Waals surface area (Å²) in [5.74, 6) is 1.56. The van der Waals surface area contributed by atoms with Crippen LogP contribution in [0, 0.1) is 5.92 Å². The first-order chi connectivity index (χ1) is 11.1. The zero-order chi connectivity index (χ0) is 16.2. The molecule has 1 aromatic heterocycles. The Morgan fingerprint density at radius 1 is 1.13 bits per heavy atom. The highest BCUT2D eigenvalue weighted by Gasteiger charge is 2.23. The molecule has 5 heteroatoms. The van der Waals surface area contributed by atoms with E-state index in [0.717, 1.165) is 17.9 Å². The summed E-state index contributed by atoms with van der Waals surface area (Å²) in [5, 5.41) is 2.99. The molecule has 1 N–H and O–H groups in total. The summed E-state index contributed by atoms with van der Waals surface area (Å²) in [6.45, 7) is 5.36. The number of carbonyl (C=O) groups is 1. The van der Waals surface area contributed by atoms with E-state index < -0.39 is 0 Å². The minimum absolute atomic E-state index is 0.0364. The molecule has 2 aromatic rings. The first kappa shape index (κ1) is 15.5. The number of anilines is 1. The van der Waals surface area contributed by atoms with Crippen molar-refractivity contribution in [3.8, 4) is 11.5 Å². The molecule has 1 aliphatic rings. The molecule has 0 radical (unpaired) electrons. The van der Waals surface area contributed by atoms with Gasteiger partial charge >= 0.3 is 0 Å². The fraction of sp³-hybridized carbons (Fsp3) is 0.389. The highest BCUT2D eigenvalue weighted by molar-refractivity contribution is 5.94. The van der Waals surface area contributed by atoms with E-state index in [9.17, 15) is 4.79 Å². The molecule has 1 aromatic carbocycles. The number of nitrogens with one attached hydrogen (secondary N) is 1. The fourth-order valence-corrected chi connectivity index (χ4v) is 2.77. The van der Waals surface area contributed by atoms with Gasteiger partial charge in [0, 0.05) is 30.6 Å². The number of fused-ring (bicyclic) bond motifs is 1. The molecule has 1 atom stereocenters. The maximum absolute atomic E-state index is 12.7. The third-order valence-corrected chi connectivity index (χ3v) is 3.86. The minimum Gasteiger partial charge on any atom is -0.490 e. The van der Waals surface area contributed by atoms with Gasteiger partial charge in [0.25, 0.3) is 0 Å². The maximum atomic E-state index is 12.7. The number of carbonyl (C=O) groups excluding carboxylic acids is 1. The molecule has 1 amide bonds. The van der Waals surface area contributed by atoms with E-state index in [0.29, 0.717) is 19.0 Å². The second kappa shape index (κ2) is 6.77. The number of rotatable bonds is 4. The molecule has 0 bridgehead atoms. The predicted octanol–water partition coefficient (Wildman–Crippen LogP) is 3.49. The minimum atomic E-state index is -0.249. The molecule has 0 spiro atoms. The second-order valence-corrected chi connectivity index (χ2v) is 6.02. The van der Waals surface area contributed by atoms with Crippen molar-refractivity contribution in [3.63, 3.8) is 0 Å². The molecule has 0 aliphatic carbocycles. The fourth-order valence-electron chi connectivity index (χ4n) is 2.77. The first-order valence-corrected chi connectivity index (χ1v) is 7.98. The molecule has 122 valence electrons. The average Bonchev–Trinajstić information content (AvgIpc) is 2.92. The lowest BCUT2D eigenvalue weighted by atomic mass is 10.0. The summed E-state index contributed by atoms with van der Waals surface area (Å²) in [7, 11) is 0. The predicted molar refractivity (Wildman–Crippen MR) is 89.0 cm³/mol. The average molecular weight is 314 g/mol. The van der Waals surface area contributed by atoms with Crippen LogP contribution in [-0.4, -0.2) is 23.7 Å². The molecule has 5 nitrogen and oxygen atoms in total. The molecule has 0 fully saturated rings. The zero-order valence-corrected chi connectivity index (χ0v) is 13.5. The lowest BCUT2D eigenvalue weighted by molar-refractivity contribution is -0.120. The van der Waals surface area contributed by atoms with E-state index in [-0.39, 0.29) is 17.9 Å². The molecule has 23 heavy (non-hydrogen) atoms. The van der Waals surface area contributed by atoms with Gasteiger partial charge in [0.05, 0.1) is 13.2 Å². The van der Waals surface area contributed by atoms with E-state index in [4.69, 9.17) is 9.47 Å². The zero-order valence-electron chi connectivity index (χ0n) is 13.5. The van der Waals surface area contributed by atoms with E-state index >= 15 is 0 Å². The summed E-state index contributed by atoms with van der Waals surface area (Å²) in [6.07, 6.45) is 4.69. The molecule has 2 heterocycles. The van der Waals surface area contributed by atoms with Crippen LogP contribution < -0.4 is 14.8 Å². The van der Waals surface area contributed by atoms with Crippen LogP contribution in [0.4, 0.5) is 5.69 Å². The van der Waals surface area contributed by atoms with Crippen LogP contribution in [0.3, 0.4) is 0 Å². The van der Waals surface area contributed by atoms with Gasteiger partial charge in [0.1, 0.15) is 6.04 Å². The van der Waals surface area contributed by atoms with Crippen molar-refractivity contribution in [2.75, 3.05) is 18.5 Å². The van der Waals surface area contributed by atoms with Gasteiger partial charge in [-0.25, -0.2) is 0 Å². The SMILES string of the molecule is CC(C)[C@@H](C(=O)Nc1ccc2c(c1)OCCCO2)n1cccc1. The molecular formula is C18H22N2O3. The van der Waals surface area contributed by atoms with Gasteiger partial charge in [0.2, 0.25) is 5.91 Å². The number of benzene rings is 1. The van der Waals surface area contributed by atoms with Gasteiger partial charge in [-0.2, -0.15) is 0 Å². The molecule has 0 saturated heterocycles. The summed E-state index contributed by atoms with van der Waals surface area (Å²) in [5.41, 5.74) is 0.719. The van der Waals surface area contributed by atoms with Crippen LogP contribution in [0.15, 0.2) is 42.7 Å². The van der Waals surface area contributed by atoms with Crippen LogP contribution >= 0.6 is 0 Å².